The van der Waals surface area contributed by atoms with Gasteiger partial charge < -0.3 is 5.11 Å². The van der Waals surface area contributed by atoms with E-state index in [0.29, 0.717) is 0 Å². The van der Waals surface area contributed by atoms with Crippen molar-refractivity contribution < 1.29 is 58.2 Å². The molecule has 0 saturated heterocycles. The predicted octanol–water partition coefficient (Wildman–Crippen LogP) is 3.69. The van der Waals surface area contributed by atoms with E-state index in [2.05, 4.69) is 0 Å². The maximum absolute atomic E-state index is 12.9. The lowest BCUT2D eigenvalue weighted by Crippen LogP contribution is -2.65. The van der Waals surface area contributed by atoms with E-state index in [-0.39, 0.29) is 0 Å². The van der Waals surface area contributed by atoms with Gasteiger partial charge in [-0.25, -0.2) is 9.18 Å². The van der Waals surface area contributed by atoms with Gasteiger partial charge in [0.2, 0.25) is 0 Å². The summed E-state index contributed by atoms with van der Waals surface area (Å²) >= 11 is 0. The molecule has 0 amide bonds. The molecular weight excluding hydrogens is 325 g/mol. The summed E-state index contributed by atoms with van der Waals surface area (Å²) in [6, 6.07) is 0. The third-order valence-electron chi connectivity index (χ3n) is 1.93. The van der Waals surface area contributed by atoms with Gasteiger partial charge in [-0.05, 0) is 0 Å². The summed E-state index contributed by atoms with van der Waals surface area (Å²) in [5.41, 5.74) is -11.4. The number of carboxylic acid groups (broad SMARTS) is 1. The van der Waals surface area contributed by atoms with Gasteiger partial charge in [-0.15, -0.1) is 0 Å². The second-order valence-corrected chi connectivity index (χ2v) is 3.17. The van der Waals surface area contributed by atoms with Crippen LogP contribution in [-0.4, -0.2) is 35.0 Å². The van der Waals surface area contributed by atoms with Crippen LogP contribution in [0.25, 0.3) is 0 Å². The van der Waals surface area contributed by atoms with Crippen molar-refractivity contribution in [2.75, 3.05) is 0 Å². The smallest absolute Gasteiger partial charge is 0.438 e. The first-order valence-electron chi connectivity index (χ1n) is 4.01. The minimum Gasteiger partial charge on any atom is -0.478 e. The number of hydrogen-bond acceptors (Lipinski definition) is 1. The quantitative estimate of drug-likeness (QED) is 0.634. The molecule has 0 rings (SSSR count). The molecule has 0 aromatic rings. The van der Waals surface area contributed by atoms with E-state index in [1.54, 1.807) is 0 Å². The van der Waals surface area contributed by atoms with E-state index in [9.17, 15) is 53.1 Å². The molecule has 1 N–H and O–H groups in total. The van der Waals surface area contributed by atoms with Crippen LogP contribution >= 0.6 is 0 Å². The number of carboxylic acids is 1. The highest BCUT2D eigenvalue weighted by molar-refractivity contribution is 5.89. The third kappa shape index (κ3) is 2.52. The third-order valence-corrected chi connectivity index (χ3v) is 1.93. The van der Waals surface area contributed by atoms with Crippen molar-refractivity contribution in [3.63, 3.8) is 0 Å². The molecule has 0 fully saturated rings. The monoisotopic (exact) mass is 326 g/mol. The molecule has 20 heavy (non-hydrogen) atoms. The second-order valence-electron chi connectivity index (χ2n) is 3.17. The van der Waals surface area contributed by atoms with Crippen LogP contribution in [0.5, 0.6) is 0 Å². The Bertz CT molecular complexity index is 411. The minimum absolute atomic E-state index is 3.54. The summed E-state index contributed by atoms with van der Waals surface area (Å²) in [5.74, 6) is -10.6. The lowest BCUT2D eigenvalue weighted by atomic mass is 9.90. The summed E-state index contributed by atoms with van der Waals surface area (Å²) in [6.45, 7) is 0. The van der Waals surface area contributed by atoms with Crippen LogP contribution in [0.15, 0.2) is 11.7 Å². The molecule has 0 aliphatic heterocycles. The molecule has 0 saturated carbocycles. The van der Waals surface area contributed by atoms with Gasteiger partial charge in [0, 0.05) is 0 Å². The van der Waals surface area contributed by atoms with Crippen LogP contribution in [0.2, 0.25) is 0 Å². The Morgan fingerprint density at radius 2 is 1.05 bits per heavy atom. The fourth-order valence-electron chi connectivity index (χ4n) is 1.02. The molecule has 0 aromatic heterocycles. The summed E-state index contributed by atoms with van der Waals surface area (Å²) in [7, 11) is 0. The topological polar surface area (TPSA) is 37.3 Å². The Kier molecular flexibility index (Phi) is 4.40. The predicted molar refractivity (Wildman–Crippen MR) is 37.8 cm³/mol. The first-order chi connectivity index (χ1) is 8.51. The molecule has 0 heterocycles. The number of hydrogen-bond donors (Lipinski definition) is 1. The largest absolute Gasteiger partial charge is 0.478 e. The van der Waals surface area contributed by atoms with Crippen molar-refractivity contribution in [1.82, 2.24) is 0 Å². The van der Waals surface area contributed by atoms with Gasteiger partial charge in [-0.1, -0.05) is 0 Å². The Labute approximate surface area is 101 Å². The first kappa shape index (κ1) is 18.4. The molecule has 0 bridgehead atoms. The fourth-order valence-corrected chi connectivity index (χ4v) is 1.02. The summed E-state index contributed by atoms with van der Waals surface area (Å²) in [4.78, 5) is 9.97. The summed E-state index contributed by atoms with van der Waals surface area (Å²) < 4.78 is 134. The Balaban J connectivity index is 6.51. The van der Waals surface area contributed by atoms with Crippen LogP contribution in [0, 0.1) is 0 Å². The Morgan fingerprint density at radius 1 is 0.750 bits per heavy atom. The highest BCUT2D eigenvalue weighted by atomic mass is 19.4. The molecule has 2 nitrogen and oxygen atoms in total. The average molecular weight is 326 g/mol. The van der Waals surface area contributed by atoms with Crippen molar-refractivity contribution in [1.29, 1.82) is 0 Å². The number of halogens is 11. The van der Waals surface area contributed by atoms with Crippen molar-refractivity contribution in [3.8, 4) is 0 Å². The van der Waals surface area contributed by atoms with Gasteiger partial charge in [-0.2, -0.15) is 43.9 Å². The molecule has 0 aliphatic carbocycles. The van der Waals surface area contributed by atoms with Crippen LogP contribution in [0.1, 0.15) is 0 Å². The first-order valence-corrected chi connectivity index (χ1v) is 4.01. The Morgan fingerprint density at radius 3 is 1.20 bits per heavy atom. The molecule has 0 radical (unpaired) electrons. The number of alkyl halides is 9. The fraction of sp³-hybridized carbons (Fsp3) is 0.571. The molecule has 0 aromatic carbocycles. The molecule has 13 heteroatoms. The molecule has 118 valence electrons. The normalized spacial score (nSPS) is 14.2. The van der Waals surface area contributed by atoms with Gasteiger partial charge in [-0.3, -0.25) is 0 Å². The van der Waals surface area contributed by atoms with Crippen molar-refractivity contribution in [3.05, 3.63) is 11.7 Å². The van der Waals surface area contributed by atoms with E-state index in [1.165, 1.54) is 0 Å². The molecular formula is C7HF11O2. The van der Waals surface area contributed by atoms with E-state index in [0.717, 1.165) is 0 Å². The van der Waals surface area contributed by atoms with Crippen LogP contribution < -0.4 is 0 Å². The zero-order valence-electron chi connectivity index (χ0n) is 8.51. The van der Waals surface area contributed by atoms with Crippen LogP contribution in [0.3, 0.4) is 0 Å². The minimum atomic E-state index is -7.50. The molecule has 0 unspecified atom stereocenters. The molecule has 0 aliphatic rings. The van der Waals surface area contributed by atoms with Crippen molar-refractivity contribution >= 4 is 5.97 Å². The Hall–Kier alpha value is -1.56. The molecule has 0 spiro atoms. The average Bonchev–Trinajstić information content (AvgIpc) is 2.09. The zero-order chi connectivity index (χ0) is 16.7. The highest BCUT2D eigenvalue weighted by Gasteiger charge is 2.86. The number of rotatable bonds is 3. The van der Waals surface area contributed by atoms with E-state index >= 15 is 0 Å². The van der Waals surface area contributed by atoms with Gasteiger partial charge in [0.15, 0.2) is 5.57 Å². The van der Waals surface area contributed by atoms with Gasteiger partial charge >= 0.3 is 29.9 Å². The standard InChI is InChI=1S/C7HF11O2/c8-2(9)1(3(19)20)4(10,11)5(12,6(13,14)15)7(16,17)18/h(H,19,20). The van der Waals surface area contributed by atoms with E-state index in [1.807, 2.05) is 0 Å². The number of aliphatic carboxylic acids is 1. The number of carbonyl (C=O) groups is 1. The van der Waals surface area contributed by atoms with Gasteiger partial charge in [0.05, 0.1) is 0 Å². The highest BCUT2D eigenvalue weighted by Crippen LogP contribution is 2.57. The lowest BCUT2D eigenvalue weighted by Gasteiger charge is -2.35. The zero-order valence-corrected chi connectivity index (χ0v) is 8.51. The van der Waals surface area contributed by atoms with Gasteiger partial charge in [0.25, 0.3) is 6.08 Å². The van der Waals surface area contributed by atoms with Crippen molar-refractivity contribution in [2.24, 2.45) is 0 Å². The van der Waals surface area contributed by atoms with E-state index < -0.39 is 41.6 Å². The summed E-state index contributed by atoms with van der Waals surface area (Å²) in [5, 5.41) is 7.85. The van der Waals surface area contributed by atoms with Crippen LogP contribution in [0.4, 0.5) is 48.3 Å². The maximum Gasteiger partial charge on any atom is 0.438 e. The van der Waals surface area contributed by atoms with Gasteiger partial charge in [0.1, 0.15) is 0 Å². The lowest BCUT2D eigenvalue weighted by molar-refractivity contribution is -0.388. The van der Waals surface area contributed by atoms with Crippen molar-refractivity contribution in [2.45, 2.75) is 23.9 Å². The second kappa shape index (κ2) is 4.77. The van der Waals surface area contributed by atoms with E-state index in [4.69, 9.17) is 5.11 Å². The summed E-state index contributed by atoms with van der Waals surface area (Å²) in [6.07, 6.45) is -18.9. The van der Waals surface area contributed by atoms with Crippen LogP contribution in [-0.2, 0) is 4.79 Å². The maximum atomic E-state index is 12.9. The molecule has 0 atom stereocenters. The SMILES string of the molecule is O=C(O)C(=C(F)F)C(F)(F)C(F)(C(F)(F)F)C(F)(F)F.